The van der Waals surface area contributed by atoms with E-state index in [9.17, 15) is 18.0 Å². The molecule has 5 nitrogen and oxygen atoms in total. The number of rotatable bonds is 5. The van der Waals surface area contributed by atoms with E-state index in [2.05, 4.69) is 16.3 Å². The van der Waals surface area contributed by atoms with Crippen LogP contribution in [0, 0.1) is 0 Å². The number of nitrogens with zero attached hydrogens (tertiary/aromatic N) is 1. The second-order valence-corrected chi connectivity index (χ2v) is 5.09. The number of fused-ring (bicyclic) bond motifs is 1. The van der Waals surface area contributed by atoms with Crippen molar-refractivity contribution >= 4 is 11.1 Å². The Kier molecular flexibility index (Phi) is 4.66. The van der Waals surface area contributed by atoms with Crippen LogP contribution in [0.25, 0.3) is 22.2 Å². The summed E-state index contributed by atoms with van der Waals surface area (Å²) in [6.07, 6.45) is -2.04. The zero-order valence-electron chi connectivity index (χ0n) is 13.2. The van der Waals surface area contributed by atoms with Crippen LogP contribution in [-0.2, 0) is 0 Å². The first-order valence-corrected chi connectivity index (χ1v) is 7.41. The summed E-state index contributed by atoms with van der Waals surface area (Å²) in [5.41, 5.74) is -0.855. The summed E-state index contributed by atoms with van der Waals surface area (Å²) in [5, 5.41) is 0. The van der Waals surface area contributed by atoms with Crippen LogP contribution in [0.3, 0.4) is 0 Å². The number of hydrogen-bond acceptors (Lipinski definition) is 5. The maximum Gasteiger partial charge on any atom is 0.573 e. The third-order valence-electron chi connectivity index (χ3n) is 3.35. The lowest BCUT2D eigenvalue weighted by Gasteiger charge is -2.15. The van der Waals surface area contributed by atoms with Gasteiger partial charge in [0.05, 0.1) is 0 Å². The van der Waals surface area contributed by atoms with Crippen molar-refractivity contribution in [2.24, 2.45) is 0 Å². The Morgan fingerprint density at radius 1 is 1.19 bits per heavy atom. The van der Waals surface area contributed by atoms with Crippen molar-refractivity contribution in [3.8, 4) is 22.6 Å². The number of halogens is 3. The molecular formula is C18H12F3NO4. The van der Waals surface area contributed by atoms with Crippen LogP contribution in [0.15, 0.2) is 64.5 Å². The molecule has 0 spiro atoms. The first-order chi connectivity index (χ1) is 12.4. The molecule has 0 fully saturated rings. The standard InChI is InChI=1S/C18H12F3NO4/c1-2-10-24-16-14(17(23)25-13-8-5-9-22-15(13)16)11-6-3-4-7-12(11)26-18(19,20)21/h2-9H,1,10H2. The molecule has 134 valence electrons. The molecule has 2 aromatic heterocycles. The third kappa shape index (κ3) is 3.53. The average molecular weight is 363 g/mol. The molecule has 2 heterocycles. The SMILES string of the molecule is C=CCOc1c(-c2ccccc2OC(F)(F)F)c(=O)oc2cccnc12. The maximum absolute atomic E-state index is 12.7. The highest BCUT2D eigenvalue weighted by molar-refractivity contribution is 5.89. The first-order valence-electron chi connectivity index (χ1n) is 7.41. The maximum atomic E-state index is 12.7. The highest BCUT2D eigenvalue weighted by Crippen LogP contribution is 2.39. The molecule has 0 aliphatic carbocycles. The van der Waals surface area contributed by atoms with Gasteiger partial charge >= 0.3 is 12.0 Å². The van der Waals surface area contributed by atoms with Crippen LogP contribution in [0.4, 0.5) is 13.2 Å². The minimum atomic E-state index is -4.92. The fraction of sp³-hybridized carbons (Fsp3) is 0.111. The van der Waals surface area contributed by atoms with E-state index in [1.54, 1.807) is 6.07 Å². The molecule has 0 N–H and O–H groups in total. The van der Waals surface area contributed by atoms with Gasteiger partial charge in [-0.3, -0.25) is 0 Å². The number of pyridine rings is 1. The van der Waals surface area contributed by atoms with E-state index < -0.39 is 17.7 Å². The van der Waals surface area contributed by atoms with Gasteiger partial charge in [-0.15, -0.1) is 13.2 Å². The van der Waals surface area contributed by atoms with Crippen LogP contribution in [0.5, 0.6) is 11.5 Å². The summed E-state index contributed by atoms with van der Waals surface area (Å²) in [4.78, 5) is 16.6. The number of benzene rings is 1. The van der Waals surface area contributed by atoms with Crippen LogP contribution in [0.1, 0.15) is 0 Å². The van der Waals surface area contributed by atoms with Gasteiger partial charge in [-0.05, 0) is 18.2 Å². The van der Waals surface area contributed by atoms with Gasteiger partial charge in [-0.2, -0.15) is 0 Å². The lowest BCUT2D eigenvalue weighted by atomic mass is 10.0. The quantitative estimate of drug-likeness (QED) is 0.632. The Labute approximate surface area is 145 Å². The average Bonchev–Trinajstić information content (AvgIpc) is 2.59. The molecule has 0 saturated carbocycles. The minimum Gasteiger partial charge on any atom is -0.486 e. The number of aromatic nitrogens is 1. The predicted molar refractivity (Wildman–Crippen MR) is 88.1 cm³/mol. The molecule has 0 unspecified atom stereocenters. The van der Waals surface area contributed by atoms with Crippen LogP contribution in [0.2, 0.25) is 0 Å². The first kappa shape index (κ1) is 17.5. The van der Waals surface area contributed by atoms with E-state index in [0.29, 0.717) is 0 Å². The molecule has 1 aromatic carbocycles. The largest absolute Gasteiger partial charge is 0.573 e. The van der Waals surface area contributed by atoms with E-state index in [1.807, 2.05) is 0 Å². The topological polar surface area (TPSA) is 61.6 Å². The van der Waals surface area contributed by atoms with E-state index in [1.165, 1.54) is 36.5 Å². The second-order valence-electron chi connectivity index (χ2n) is 5.09. The predicted octanol–water partition coefficient (Wildman–Crippen LogP) is 4.32. The van der Waals surface area contributed by atoms with Crippen molar-refractivity contribution in [2.75, 3.05) is 6.61 Å². The second kappa shape index (κ2) is 6.91. The fourth-order valence-electron chi connectivity index (χ4n) is 2.41. The number of para-hydroxylation sites is 1. The fourth-order valence-corrected chi connectivity index (χ4v) is 2.41. The van der Waals surface area contributed by atoms with E-state index in [-0.39, 0.29) is 34.6 Å². The summed E-state index contributed by atoms with van der Waals surface area (Å²) in [6.45, 7) is 3.54. The summed E-state index contributed by atoms with van der Waals surface area (Å²) in [7, 11) is 0. The molecule has 0 aliphatic rings. The van der Waals surface area contributed by atoms with Crippen LogP contribution < -0.4 is 15.1 Å². The monoisotopic (exact) mass is 363 g/mol. The highest BCUT2D eigenvalue weighted by Gasteiger charge is 2.33. The van der Waals surface area contributed by atoms with Crippen molar-refractivity contribution < 1.29 is 27.1 Å². The molecule has 3 aromatic rings. The van der Waals surface area contributed by atoms with Gasteiger partial charge in [-0.1, -0.05) is 30.9 Å². The molecule has 8 heteroatoms. The molecule has 0 amide bonds. The van der Waals surface area contributed by atoms with Crippen molar-refractivity contribution in [1.82, 2.24) is 4.98 Å². The highest BCUT2D eigenvalue weighted by atomic mass is 19.4. The number of ether oxygens (including phenoxy) is 2. The molecular weight excluding hydrogens is 351 g/mol. The molecule has 3 rings (SSSR count). The third-order valence-corrected chi connectivity index (χ3v) is 3.35. The summed E-state index contributed by atoms with van der Waals surface area (Å²) in [5.74, 6) is -0.555. The Hall–Kier alpha value is -3.29. The molecule has 26 heavy (non-hydrogen) atoms. The molecule has 0 saturated heterocycles. The van der Waals surface area contributed by atoms with Gasteiger partial charge in [0, 0.05) is 11.8 Å². The van der Waals surface area contributed by atoms with Gasteiger partial charge < -0.3 is 13.9 Å². The molecule has 0 atom stereocenters. The molecule has 0 radical (unpaired) electrons. The van der Waals surface area contributed by atoms with Gasteiger partial charge in [0.25, 0.3) is 0 Å². The lowest BCUT2D eigenvalue weighted by Crippen LogP contribution is -2.18. The van der Waals surface area contributed by atoms with Crippen molar-refractivity contribution in [3.05, 3.63) is 65.7 Å². The lowest BCUT2D eigenvalue weighted by molar-refractivity contribution is -0.274. The minimum absolute atomic E-state index is 0.00465. The summed E-state index contributed by atoms with van der Waals surface area (Å²) in [6, 6.07) is 8.30. The number of hydrogen-bond donors (Lipinski definition) is 0. The van der Waals surface area contributed by atoms with Gasteiger partial charge in [0.15, 0.2) is 11.3 Å². The summed E-state index contributed by atoms with van der Waals surface area (Å²) < 4.78 is 52.9. The van der Waals surface area contributed by atoms with Crippen molar-refractivity contribution in [1.29, 1.82) is 0 Å². The smallest absolute Gasteiger partial charge is 0.486 e. The van der Waals surface area contributed by atoms with Crippen molar-refractivity contribution in [3.63, 3.8) is 0 Å². The Morgan fingerprint density at radius 3 is 2.69 bits per heavy atom. The Morgan fingerprint density at radius 2 is 1.96 bits per heavy atom. The van der Waals surface area contributed by atoms with E-state index in [4.69, 9.17) is 9.15 Å². The van der Waals surface area contributed by atoms with Crippen LogP contribution >= 0.6 is 0 Å². The molecule has 0 aliphatic heterocycles. The van der Waals surface area contributed by atoms with E-state index >= 15 is 0 Å². The zero-order chi connectivity index (χ0) is 18.7. The molecule has 0 bridgehead atoms. The van der Waals surface area contributed by atoms with E-state index in [0.717, 1.165) is 6.07 Å². The normalized spacial score (nSPS) is 11.3. The zero-order valence-corrected chi connectivity index (χ0v) is 13.2. The van der Waals surface area contributed by atoms with Gasteiger partial charge in [-0.25, -0.2) is 9.78 Å². The van der Waals surface area contributed by atoms with Crippen LogP contribution in [-0.4, -0.2) is 18.0 Å². The number of alkyl halides is 3. The Bertz CT molecular complexity index is 1010. The van der Waals surface area contributed by atoms with Gasteiger partial charge in [0.1, 0.15) is 23.4 Å². The van der Waals surface area contributed by atoms with Gasteiger partial charge in [0.2, 0.25) is 0 Å². The van der Waals surface area contributed by atoms with Crippen molar-refractivity contribution in [2.45, 2.75) is 6.36 Å². The summed E-state index contributed by atoms with van der Waals surface area (Å²) >= 11 is 0. The Balaban J connectivity index is 2.30.